The minimum atomic E-state index is 0.0638. The van der Waals surface area contributed by atoms with E-state index in [1.165, 1.54) is 12.8 Å². The third-order valence-electron chi connectivity index (χ3n) is 5.31. The van der Waals surface area contributed by atoms with Crippen molar-refractivity contribution in [1.82, 2.24) is 5.32 Å². The van der Waals surface area contributed by atoms with E-state index < -0.39 is 0 Å². The molecule has 1 saturated carbocycles. The molecule has 2 aliphatic heterocycles. The van der Waals surface area contributed by atoms with Crippen LogP contribution in [0.3, 0.4) is 0 Å². The SMILES string of the molecule is CC1CC2(C1)C(C)C(=O)NC21CCOCC1. The van der Waals surface area contributed by atoms with Crippen LogP contribution in [0.5, 0.6) is 0 Å². The predicted molar refractivity (Wildman–Crippen MR) is 60.9 cm³/mol. The Kier molecular flexibility index (Phi) is 2.13. The molecule has 1 amide bonds. The highest BCUT2D eigenvalue weighted by Gasteiger charge is 2.66. The molecular formula is C13H21NO2. The van der Waals surface area contributed by atoms with Crippen molar-refractivity contribution in [3.8, 4) is 0 Å². The third-order valence-corrected chi connectivity index (χ3v) is 5.31. The summed E-state index contributed by atoms with van der Waals surface area (Å²) in [6.07, 6.45) is 4.45. The second-order valence-electron chi connectivity index (χ2n) is 6.07. The predicted octanol–water partition coefficient (Wildman–Crippen LogP) is 1.72. The number of carbonyl (C=O) groups is 1. The van der Waals surface area contributed by atoms with E-state index in [0.29, 0.717) is 0 Å². The van der Waals surface area contributed by atoms with Gasteiger partial charge in [-0.1, -0.05) is 13.8 Å². The molecule has 3 aliphatic rings. The van der Waals surface area contributed by atoms with Crippen LogP contribution in [0.2, 0.25) is 0 Å². The molecule has 1 unspecified atom stereocenters. The summed E-state index contributed by atoms with van der Waals surface area (Å²) in [6.45, 7) is 6.03. The number of nitrogens with one attached hydrogen (secondary N) is 1. The van der Waals surface area contributed by atoms with Crippen LogP contribution in [-0.2, 0) is 9.53 Å². The highest BCUT2D eigenvalue weighted by atomic mass is 16.5. The average Bonchev–Trinajstić information content (AvgIpc) is 2.42. The topological polar surface area (TPSA) is 38.3 Å². The second-order valence-corrected chi connectivity index (χ2v) is 6.07. The lowest BCUT2D eigenvalue weighted by molar-refractivity contribution is -0.125. The maximum Gasteiger partial charge on any atom is 0.223 e. The summed E-state index contributed by atoms with van der Waals surface area (Å²) in [5.41, 5.74) is 0.307. The smallest absolute Gasteiger partial charge is 0.223 e. The van der Waals surface area contributed by atoms with Gasteiger partial charge in [0, 0.05) is 24.5 Å². The Labute approximate surface area is 96.9 Å². The number of hydrogen-bond donors (Lipinski definition) is 1. The maximum atomic E-state index is 12.0. The van der Waals surface area contributed by atoms with Gasteiger partial charge in [0.05, 0.1) is 5.54 Å². The minimum absolute atomic E-state index is 0.0638. The molecule has 2 spiro atoms. The quantitative estimate of drug-likeness (QED) is 0.679. The first-order chi connectivity index (χ1) is 7.60. The molecule has 0 aromatic rings. The maximum absolute atomic E-state index is 12.0. The highest BCUT2D eigenvalue weighted by molar-refractivity contribution is 5.84. The first kappa shape index (κ1) is 10.6. The Morgan fingerprint density at radius 3 is 2.44 bits per heavy atom. The van der Waals surface area contributed by atoms with Gasteiger partial charge in [-0.15, -0.1) is 0 Å². The number of hydrogen-bond acceptors (Lipinski definition) is 2. The third kappa shape index (κ3) is 1.10. The molecular weight excluding hydrogens is 202 g/mol. The Balaban J connectivity index is 1.94. The van der Waals surface area contributed by atoms with E-state index in [-0.39, 0.29) is 22.8 Å². The van der Waals surface area contributed by atoms with Crippen LogP contribution in [0.1, 0.15) is 39.5 Å². The van der Waals surface area contributed by atoms with Crippen LogP contribution in [0.4, 0.5) is 0 Å². The normalized spacial score (nSPS) is 45.8. The molecule has 16 heavy (non-hydrogen) atoms. The molecule has 0 aromatic heterocycles. The van der Waals surface area contributed by atoms with Gasteiger partial charge in [0.2, 0.25) is 5.91 Å². The standard InChI is InChI=1S/C13H21NO2/c1-9-7-12(8-9)10(2)11(15)14-13(12)3-5-16-6-4-13/h9-10H,3-8H2,1-2H3,(H,14,15). The highest BCUT2D eigenvalue weighted by Crippen LogP contribution is 2.62. The fraction of sp³-hybridized carbons (Fsp3) is 0.923. The molecule has 1 atom stereocenters. The van der Waals surface area contributed by atoms with E-state index in [9.17, 15) is 4.79 Å². The lowest BCUT2D eigenvalue weighted by Gasteiger charge is -2.57. The second kappa shape index (κ2) is 3.22. The Bertz CT molecular complexity index is 308. The fourth-order valence-electron chi connectivity index (χ4n) is 4.40. The van der Waals surface area contributed by atoms with E-state index in [0.717, 1.165) is 32.0 Å². The number of rotatable bonds is 0. The zero-order valence-electron chi connectivity index (χ0n) is 10.2. The fourth-order valence-corrected chi connectivity index (χ4v) is 4.40. The average molecular weight is 223 g/mol. The largest absolute Gasteiger partial charge is 0.381 e. The molecule has 3 nitrogen and oxygen atoms in total. The van der Waals surface area contributed by atoms with Crippen LogP contribution in [-0.4, -0.2) is 24.7 Å². The Morgan fingerprint density at radius 2 is 1.88 bits per heavy atom. The number of ether oxygens (including phenoxy) is 1. The van der Waals surface area contributed by atoms with Crippen molar-refractivity contribution in [2.45, 2.75) is 45.1 Å². The van der Waals surface area contributed by atoms with E-state index in [1.54, 1.807) is 0 Å². The van der Waals surface area contributed by atoms with Crippen LogP contribution >= 0.6 is 0 Å². The van der Waals surface area contributed by atoms with E-state index in [1.807, 2.05) is 0 Å². The van der Waals surface area contributed by atoms with Gasteiger partial charge in [-0.05, 0) is 31.6 Å². The van der Waals surface area contributed by atoms with Gasteiger partial charge < -0.3 is 10.1 Å². The van der Waals surface area contributed by atoms with Gasteiger partial charge in [0.25, 0.3) is 0 Å². The summed E-state index contributed by atoms with van der Waals surface area (Å²) in [5, 5.41) is 3.31. The van der Waals surface area contributed by atoms with Crippen molar-refractivity contribution in [3.05, 3.63) is 0 Å². The zero-order chi connectivity index (χ0) is 11.4. The molecule has 2 heterocycles. The molecule has 3 heteroatoms. The number of amides is 1. The van der Waals surface area contributed by atoms with Gasteiger partial charge in [-0.2, -0.15) is 0 Å². The molecule has 1 N–H and O–H groups in total. The summed E-state index contributed by atoms with van der Waals surface area (Å²) >= 11 is 0. The van der Waals surface area contributed by atoms with E-state index >= 15 is 0 Å². The van der Waals surface area contributed by atoms with Crippen molar-refractivity contribution in [2.75, 3.05) is 13.2 Å². The summed E-state index contributed by atoms with van der Waals surface area (Å²) < 4.78 is 5.46. The van der Waals surface area contributed by atoms with Crippen molar-refractivity contribution in [1.29, 1.82) is 0 Å². The van der Waals surface area contributed by atoms with Gasteiger partial charge >= 0.3 is 0 Å². The summed E-state index contributed by atoms with van der Waals surface area (Å²) in [4.78, 5) is 12.0. The lowest BCUT2D eigenvalue weighted by Crippen LogP contribution is -2.60. The van der Waals surface area contributed by atoms with Crippen molar-refractivity contribution in [3.63, 3.8) is 0 Å². The van der Waals surface area contributed by atoms with E-state index in [2.05, 4.69) is 19.2 Å². The summed E-state index contributed by atoms with van der Waals surface area (Å²) in [7, 11) is 0. The number of fused-ring (bicyclic) bond motifs is 1. The molecule has 0 radical (unpaired) electrons. The lowest BCUT2D eigenvalue weighted by atomic mass is 9.49. The van der Waals surface area contributed by atoms with Gasteiger partial charge in [-0.3, -0.25) is 4.79 Å². The molecule has 3 fully saturated rings. The van der Waals surface area contributed by atoms with Crippen LogP contribution < -0.4 is 5.32 Å². The molecule has 3 rings (SSSR count). The van der Waals surface area contributed by atoms with Crippen LogP contribution in [0, 0.1) is 17.3 Å². The Hall–Kier alpha value is -0.570. The first-order valence-corrected chi connectivity index (χ1v) is 6.49. The molecule has 90 valence electrons. The molecule has 1 aliphatic carbocycles. The van der Waals surface area contributed by atoms with Crippen LogP contribution in [0.15, 0.2) is 0 Å². The zero-order valence-corrected chi connectivity index (χ0v) is 10.2. The minimum Gasteiger partial charge on any atom is -0.381 e. The van der Waals surface area contributed by atoms with Crippen molar-refractivity contribution >= 4 is 5.91 Å². The molecule has 2 saturated heterocycles. The van der Waals surface area contributed by atoms with Crippen LogP contribution in [0.25, 0.3) is 0 Å². The summed E-state index contributed by atoms with van der Waals surface area (Å²) in [6, 6.07) is 0. The van der Waals surface area contributed by atoms with Crippen molar-refractivity contribution < 1.29 is 9.53 Å². The van der Waals surface area contributed by atoms with Gasteiger partial charge in [0.15, 0.2) is 0 Å². The first-order valence-electron chi connectivity index (χ1n) is 6.49. The Morgan fingerprint density at radius 1 is 1.25 bits per heavy atom. The van der Waals surface area contributed by atoms with Gasteiger partial charge in [-0.25, -0.2) is 0 Å². The molecule has 0 bridgehead atoms. The monoisotopic (exact) mass is 223 g/mol. The number of carbonyl (C=O) groups excluding carboxylic acids is 1. The van der Waals surface area contributed by atoms with E-state index in [4.69, 9.17) is 4.74 Å². The molecule has 0 aromatic carbocycles. The van der Waals surface area contributed by atoms with Gasteiger partial charge in [0.1, 0.15) is 0 Å². The summed E-state index contributed by atoms with van der Waals surface area (Å²) in [5.74, 6) is 1.26. The van der Waals surface area contributed by atoms with Crippen molar-refractivity contribution in [2.24, 2.45) is 17.3 Å².